The average molecular weight is 434 g/mol. The third-order valence-electron chi connectivity index (χ3n) is 5.49. The Morgan fingerprint density at radius 2 is 1.53 bits per heavy atom. The fourth-order valence-electron chi connectivity index (χ4n) is 3.75. The molecule has 164 valence electrons. The van der Waals surface area contributed by atoms with E-state index in [0.29, 0.717) is 43.3 Å². The molecule has 0 spiro atoms. The molecule has 0 bridgehead atoms. The van der Waals surface area contributed by atoms with Crippen molar-refractivity contribution < 1.29 is 9.85 Å². The summed E-state index contributed by atoms with van der Waals surface area (Å²) in [6.07, 6.45) is 0.728. The van der Waals surface area contributed by atoms with Gasteiger partial charge < -0.3 is 9.80 Å². The van der Waals surface area contributed by atoms with E-state index in [1.165, 1.54) is 18.2 Å². The summed E-state index contributed by atoms with van der Waals surface area (Å²) in [6.45, 7) is 4.59. The highest BCUT2D eigenvalue weighted by Gasteiger charge is 2.24. The van der Waals surface area contributed by atoms with Crippen LogP contribution in [0.3, 0.4) is 0 Å². The van der Waals surface area contributed by atoms with Gasteiger partial charge in [0, 0.05) is 61.7 Å². The second-order valence-corrected chi connectivity index (χ2v) is 7.42. The van der Waals surface area contributed by atoms with Gasteiger partial charge in [-0.25, -0.2) is 9.97 Å². The minimum Gasteiger partial charge on any atom is -0.362 e. The molecule has 1 aliphatic heterocycles. The van der Waals surface area contributed by atoms with Crippen molar-refractivity contribution in [3.8, 4) is 11.4 Å². The molecule has 0 saturated carbocycles. The van der Waals surface area contributed by atoms with Crippen molar-refractivity contribution in [1.82, 2.24) is 9.97 Å². The maximum atomic E-state index is 11.4. The van der Waals surface area contributed by atoms with Crippen molar-refractivity contribution in [2.45, 2.75) is 13.3 Å². The molecular formula is C22H22N6O4. The summed E-state index contributed by atoms with van der Waals surface area (Å²) in [7, 11) is 0. The lowest BCUT2D eigenvalue weighted by atomic mass is 10.1. The summed E-state index contributed by atoms with van der Waals surface area (Å²) < 4.78 is 0. The Morgan fingerprint density at radius 3 is 2.16 bits per heavy atom. The molecule has 0 aliphatic carbocycles. The molecule has 1 aliphatic rings. The number of nitrogens with zero attached hydrogens (tertiary/aromatic N) is 6. The SMILES string of the molecule is CCc1cc(N2CCN(c3ccccc3[N+](=O)[O-])CC2)nc(-c2ccc([N+](=O)[O-])cc2)n1. The molecule has 2 heterocycles. The van der Waals surface area contributed by atoms with Crippen LogP contribution in [0.5, 0.6) is 0 Å². The van der Waals surface area contributed by atoms with Crippen molar-refractivity contribution >= 4 is 22.9 Å². The zero-order valence-corrected chi connectivity index (χ0v) is 17.5. The van der Waals surface area contributed by atoms with Crippen LogP contribution in [-0.2, 0) is 6.42 Å². The molecule has 0 atom stereocenters. The lowest BCUT2D eigenvalue weighted by Crippen LogP contribution is -2.47. The molecule has 2 aromatic carbocycles. The second kappa shape index (κ2) is 8.96. The largest absolute Gasteiger partial charge is 0.362 e. The lowest BCUT2D eigenvalue weighted by molar-refractivity contribution is -0.384. The number of non-ortho nitro benzene ring substituents is 1. The number of hydrogen-bond acceptors (Lipinski definition) is 8. The van der Waals surface area contributed by atoms with Crippen molar-refractivity contribution in [3.63, 3.8) is 0 Å². The van der Waals surface area contributed by atoms with Crippen LogP contribution in [0.4, 0.5) is 22.9 Å². The van der Waals surface area contributed by atoms with E-state index in [1.807, 2.05) is 24.0 Å². The highest BCUT2D eigenvalue weighted by atomic mass is 16.6. The van der Waals surface area contributed by atoms with E-state index < -0.39 is 4.92 Å². The van der Waals surface area contributed by atoms with E-state index in [0.717, 1.165) is 17.9 Å². The van der Waals surface area contributed by atoms with E-state index in [2.05, 4.69) is 9.88 Å². The molecule has 32 heavy (non-hydrogen) atoms. The van der Waals surface area contributed by atoms with E-state index in [1.54, 1.807) is 24.3 Å². The van der Waals surface area contributed by atoms with Gasteiger partial charge in [0.25, 0.3) is 11.4 Å². The third kappa shape index (κ3) is 4.34. The fourth-order valence-corrected chi connectivity index (χ4v) is 3.75. The topological polar surface area (TPSA) is 119 Å². The smallest absolute Gasteiger partial charge is 0.292 e. The number of rotatable bonds is 6. The number of aryl methyl sites for hydroxylation is 1. The molecule has 1 aromatic heterocycles. The number of aromatic nitrogens is 2. The van der Waals surface area contributed by atoms with Crippen LogP contribution in [-0.4, -0.2) is 46.0 Å². The van der Waals surface area contributed by atoms with Crippen molar-refractivity contribution in [1.29, 1.82) is 0 Å². The molecule has 0 radical (unpaired) electrons. The predicted octanol–water partition coefficient (Wildman–Crippen LogP) is 3.85. The molecule has 4 rings (SSSR count). The van der Waals surface area contributed by atoms with Gasteiger partial charge in [-0.05, 0) is 24.6 Å². The average Bonchev–Trinajstić information content (AvgIpc) is 2.84. The summed E-state index contributed by atoms with van der Waals surface area (Å²) in [5.74, 6) is 1.31. The molecule has 0 N–H and O–H groups in total. The Bertz CT molecular complexity index is 1140. The maximum Gasteiger partial charge on any atom is 0.292 e. The van der Waals surface area contributed by atoms with Crippen LogP contribution in [0.1, 0.15) is 12.6 Å². The van der Waals surface area contributed by atoms with Gasteiger partial charge >= 0.3 is 0 Å². The molecule has 10 nitrogen and oxygen atoms in total. The predicted molar refractivity (Wildman–Crippen MR) is 121 cm³/mol. The zero-order valence-electron chi connectivity index (χ0n) is 17.5. The van der Waals surface area contributed by atoms with E-state index in [-0.39, 0.29) is 16.3 Å². The van der Waals surface area contributed by atoms with Gasteiger partial charge in [0.1, 0.15) is 11.5 Å². The van der Waals surface area contributed by atoms with Crippen molar-refractivity contribution in [3.05, 3.63) is 80.5 Å². The van der Waals surface area contributed by atoms with Crippen LogP contribution < -0.4 is 9.80 Å². The Balaban J connectivity index is 1.55. The van der Waals surface area contributed by atoms with Gasteiger partial charge in [0.15, 0.2) is 5.82 Å². The first-order valence-electron chi connectivity index (χ1n) is 10.3. The summed E-state index contributed by atoms with van der Waals surface area (Å²) in [5, 5.41) is 22.3. The highest BCUT2D eigenvalue weighted by Crippen LogP contribution is 2.29. The van der Waals surface area contributed by atoms with Crippen LogP contribution in [0.25, 0.3) is 11.4 Å². The molecule has 0 amide bonds. The number of hydrogen-bond donors (Lipinski definition) is 0. The Labute approximate surface area is 184 Å². The molecule has 1 saturated heterocycles. The first-order chi connectivity index (χ1) is 15.5. The second-order valence-electron chi connectivity index (χ2n) is 7.42. The number of anilines is 2. The molecule has 10 heteroatoms. The fraction of sp³-hybridized carbons (Fsp3) is 0.273. The summed E-state index contributed by atoms with van der Waals surface area (Å²) in [5.41, 5.74) is 2.35. The minimum absolute atomic E-state index is 0.0201. The normalized spacial score (nSPS) is 13.8. The molecule has 3 aromatic rings. The lowest BCUT2D eigenvalue weighted by Gasteiger charge is -2.36. The van der Waals surface area contributed by atoms with Gasteiger partial charge in [-0.1, -0.05) is 19.1 Å². The first-order valence-corrected chi connectivity index (χ1v) is 10.3. The summed E-state index contributed by atoms with van der Waals surface area (Å²) in [4.78, 5) is 35.0. The molecule has 1 fully saturated rings. The van der Waals surface area contributed by atoms with E-state index in [9.17, 15) is 20.2 Å². The number of piperazine rings is 1. The summed E-state index contributed by atoms with van der Waals surface area (Å²) >= 11 is 0. The molecule has 0 unspecified atom stereocenters. The monoisotopic (exact) mass is 434 g/mol. The van der Waals surface area contributed by atoms with Crippen LogP contribution in [0.2, 0.25) is 0 Å². The first kappa shape index (κ1) is 21.2. The Hall–Kier alpha value is -4.08. The third-order valence-corrected chi connectivity index (χ3v) is 5.49. The number of nitro groups is 2. The quantitative estimate of drug-likeness (QED) is 0.424. The number of benzene rings is 2. The van der Waals surface area contributed by atoms with Crippen molar-refractivity contribution in [2.75, 3.05) is 36.0 Å². The highest BCUT2D eigenvalue weighted by molar-refractivity contribution is 5.64. The molecular weight excluding hydrogens is 412 g/mol. The van der Waals surface area contributed by atoms with Gasteiger partial charge in [-0.15, -0.1) is 0 Å². The number of nitro benzene ring substituents is 2. The van der Waals surface area contributed by atoms with E-state index >= 15 is 0 Å². The minimum atomic E-state index is -0.435. The Morgan fingerprint density at radius 1 is 0.875 bits per heavy atom. The van der Waals surface area contributed by atoms with Crippen LogP contribution >= 0.6 is 0 Å². The maximum absolute atomic E-state index is 11.4. The Kier molecular flexibility index (Phi) is 5.93. The zero-order chi connectivity index (χ0) is 22.7. The van der Waals surface area contributed by atoms with Crippen LogP contribution in [0, 0.1) is 20.2 Å². The van der Waals surface area contributed by atoms with Crippen molar-refractivity contribution in [2.24, 2.45) is 0 Å². The van der Waals surface area contributed by atoms with Gasteiger partial charge in [-0.3, -0.25) is 20.2 Å². The standard InChI is InChI=1S/C22H22N6O4/c1-2-17-15-21(24-22(23-17)16-7-9-18(10-8-16)27(29)30)26-13-11-25(12-14-26)19-5-3-4-6-20(19)28(31)32/h3-10,15H,2,11-14H2,1H3. The van der Waals surface area contributed by atoms with Gasteiger partial charge in [0.2, 0.25) is 0 Å². The van der Waals surface area contributed by atoms with E-state index in [4.69, 9.17) is 4.98 Å². The number of para-hydroxylation sites is 2. The summed E-state index contributed by atoms with van der Waals surface area (Å²) in [6, 6.07) is 14.9. The van der Waals surface area contributed by atoms with Gasteiger partial charge in [-0.2, -0.15) is 0 Å². The van der Waals surface area contributed by atoms with Crippen LogP contribution in [0.15, 0.2) is 54.6 Å². The van der Waals surface area contributed by atoms with Gasteiger partial charge in [0.05, 0.1) is 9.85 Å².